The standard InChI is InChI=1S/C20H24N2O3S/c1-3-17-7-9-20(10-8-17)26(24,25)22-13-11-21(12-14-22)19-6-4-5-18(15-19)16(2)23/h4-10,15H,3,11-14H2,1-2H3. The van der Waals surface area contributed by atoms with Crippen LogP contribution in [-0.2, 0) is 16.4 Å². The maximum absolute atomic E-state index is 12.8. The Kier molecular flexibility index (Phi) is 5.44. The van der Waals surface area contributed by atoms with Gasteiger partial charge in [0.05, 0.1) is 4.90 Å². The van der Waals surface area contributed by atoms with Gasteiger partial charge in [0.25, 0.3) is 0 Å². The monoisotopic (exact) mass is 372 g/mol. The number of hydrogen-bond acceptors (Lipinski definition) is 4. The summed E-state index contributed by atoms with van der Waals surface area (Å²) in [6.07, 6.45) is 0.887. The molecule has 1 fully saturated rings. The first-order valence-electron chi connectivity index (χ1n) is 8.87. The van der Waals surface area contributed by atoms with Crippen LogP contribution in [0, 0.1) is 0 Å². The van der Waals surface area contributed by atoms with E-state index in [-0.39, 0.29) is 5.78 Å². The summed E-state index contributed by atoms with van der Waals surface area (Å²) in [7, 11) is -3.46. The number of sulfonamides is 1. The predicted octanol–water partition coefficient (Wildman–Crippen LogP) is 2.96. The number of aryl methyl sites for hydroxylation is 1. The zero-order chi connectivity index (χ0) is 18.7. The van der Waals surface area contributed by atoms with Gasteiger partial charge < -0.3 is 4.90 Å². The van der Waals surface area contributed by atoms with Crippen LogP contribution in [0.2, 0.25) is 0 Å². The van der Waals surface area contributed by atoms with Crippen molar-refractivity contribution in [1.29, 1.82) is 0 Å². The molecule has 138 valence electrons. The third kappa shape index (κ3) is 3.81. The molecular weight excluding hydrogens is 348 g/mol. The molecule has 0 unspecified atom stereocenters. The fourth-order valence-corrected chi connectivity index (χ4v) is 4.58. The minimum Gasteiger partial charge on any atom is -0.369 e. The van der Waals surface area contributed by atoms with Gasteiger partial charge in [-0.15, -0.1) is 0 Å². The molecule has 0 aromatic heterocycles. The maximum atomic E-state index is 12.8. The minimum atomic E-state index is -3.46. The van der Waals surface area contributed by atoms with E-state index in [2.05, 4.69) is 4.90 Å². The summed E-state index contributed by atoms with van der Waals surface area (Å²) in [5.74, 6) is 0.0311. The van der Waals surface area contributed by atoms with Crippen molar-refractivity contribution in [2.75, 3.05) is 31.1 Å². The Morgan fingerprint density at radius 1 is 1.00 bits per heavy atom. The van der Waals surface area contributed by atoms with Crippen molar-refractivity contribution in [2.24, 2.45) is 0 Å². The average molecular weight is 372 g/mol. The van der Waals surface area contributed by atoms with Crippen LogP contribution in [0.1, 0.15) is 29.8 Å². The molecule has 1 saturated heterocycles. The van der Waals surface area contributed by atoms with E-state index < -0.39 is 10.0 Å². The molecule has 0 spiro atoms. The Morgan fingerprint density at radius 3 is 2.23 bits per heavy atom. The summed E-state index contributed by atoms with van der Waals surface area (Å²) in [6.45, 7) is 5.67. The smallest absolute Gasteiger partial charge is 0.243 e. The van der Waals surface area contributed by atoms with Crippen LogP contribution in [0.5, 0.6) is 0 Å². The SMILES string of the molecule is CCc1ccc(S(=O)(=O)N2CCN(c3cccc(C(C)=O)c3)CC2)cc1. The zero-order valence-electron chi connectivity index (χ0n) is 15.2. The lowest BCUT2D eigenvalue weighted by Gasteiger charge is -2.35. The summed E-state index contributed by atoms with van der Waals surface area (Å²) in [6, 6.07) is 14.6. The molecule has 1 heterocycles. The molecule has 0 amide bonds. The molecule has 6 heteroatoms. The molecule has 2 aromatic rings. The third-order valence-electron chi connectivity index (χ3n) is 4.83. The fourth-order valence-electron chi connectivity index (χ4n) is 3.15. The first-order chi connectivity index (χ1) is 12.4. The van der Waals surface area contributed by atoms with Crippen molar-refractivity contribution in [1.82, 2.24) is 4.31 Å². The largest absolute Gasteiger partial charge is 0.369 e. The summed E-state index contributed by atoms with van der Waals surface area (Å²) in [4.78, 5) is 14.0. The van der Waals surface area contributed by atoms with Gasteiger partial charge in [-0.2, -0.15) is 4.31 Å². The van der Waals surface area contributed by atoms with Crippen LogP contribution in [0.4, 0.5) is 5.69 Å². The van der Waals surface area contributed by atoms with Gasteiger partial charge in [-0.3, -0.25) is 4.79 Å². The molecule has 5 nitrogen and oxygen atoms in total. The first kappa shape index (κ1) is 18.6. The van der Waals surface area contributed by atoms with E-state index in [0.717, 1.165) is 17.7 Å². The van der Waals surface area contributed by atoms with E-state index in [1.165, 1.54) is 0 Å². The highest BCUT2D eigenvalue weighted by Crippen LogP contribution is 2.22. The second-order valence-corrected chi connectivity index (χ2v) is 8.43. The van der Waals surface area contributed by atoms with E-state index in [1.54, 1.807) is 29.4 Å². The lowest BCUT2D eigenvalue weighted by atomic mass is 10.1. The van der Waals surface area contributed by atoms with Gasteiger partial charge in [-0.05, 0) is 43.2 Å². The number of ketones is 1. The zero-order valence-corrected chi connectivity index (χ0v) is 16.0. The number of benzene rings is 2. The molecule has 1 aliphatic heterocycles. The van der Waals surface area contributed by atoms with E-state index in [1.807, 2.05) is 37.3 Å². The van der Waals surface area contributed by atoms with Crippen LogP contribution in [-0.4, -0.2) is 44.7 Å². The van der Waals surface area contributed by atoms with Crippen molar-refractivity contribution in [3.63, 3.8) is 0 Å². The molecule has 0 bridgehead atoms. The van der Waals surface area contributed by atoms with Gasteiger partial charge in [0.1, 0.15) is 0 Å². The summed E-state index contributed by atoms with van der Waals surface area (Å²) < 4.78 is 27.2. The summed E-state index contributed by atoms with van der Waals surface area (Å²) in [5.41, 5.74) is 2.76. The quantitative estimate of drug-likeness (QED) is 0.757. The molecule has 0 radical (unpaired) electrons. The lowest BCUT2D eigenvalue weighted by Crippen LogP contribution is -2.48. The molecule has 0 atom stereocenters. The van der Waals surface area contributed by atoms with Gasteiger partial charge >= 0.3 is 0 Å². The molecule has 1 aliphatic rings. The fraction of sp³-hybridized carbons (Fsp3) is 0.350. The molecule has 0 saturated carbocycles. The van der Waals surface area contributed by atoms with Gasteiger partial charge in [0.2, 0.25) is 10.0 Å². The highest BCUT2D eigenvalue weighted by atomic mass is 32.2. The summed E-state index contributed by atoms with van der Waals surface area (Å²) >= 11 is 0. The van der Waals surface area contributed by atoms with Crippen LogP contribution >= 0.6 is 0 Å². The van der Waals surface area contributed by atoms with E-state index >= 15 is 0 Å². The maximum Gasteiger partial charge on any atom is 0.243 e. The highest BCUT2D eigenvalue weighted by Gasteiger charge is 2.28. The first-order valence-corrected chi connectivity index (χ1v) is 10.3. The number of anilines is 1. The second-order valence-electron chi connectivity index (χ2n) is 6.50. The molecule has 3 rings (SSSR count). The third-order valence-corrected chi connectivity index (χ3v) is 6.74. The van der Waals surface area contributed by atoms with Crippen molar-refractivity contribution < 1.29 is 13.2 Å². The Labute approximate surface area is 155 Å². The number of carbonyl (C=O) groups is 1. The number of Topliss-reactive ketones (excluding diaryl/α,β-unsaturated/α-hetero) is 1. The number of hydrogen-bond donors (Lipinski definition) is 0. The van der Waals surface area contributed by atoms with Crippen molar-refractivity contribution in [3.05, 3.63) is 59.7 Å². The number of nitrogens with zero attached hydrogens (tertiary/aromatic N) is 2. The van der Waals surface area contributed by atoms with Crippen LogP contribution < -0.4 is 4.90 Å². The minimum absolute atomic E-state index is 0.0311. The van der Waals surface area contributed by atoms with E-state index in [0.29, 0.717) is 36.6 Å². The van der Waals surface area contributed by atoms with E-state index in [4.69, 9.17) is 0 Å². The normalized spacial score (nSPS) is 15.8. The van der Waals surface area contributed by atoms with Gasteiger partial charge in [-0.1, -0.05) is 31.2 Å². The highest BCUT2D eigenvalue weighted by molar-refractivity contribution is 7.89. The van der Waals surface area contributed by atoms with E-state index in [9.17, 15) is 13.2 Å². The second kappa shape index (κ2) is 7.60. The molecule has 2 aromatic carbocycles. The topological polar surface area (TPSA) is 57.7 Å². The Hall–Kier alpha value is -2.18. The molecular formula is C20H24N2O3S. The Bertz CT molecular complexity index is 884. The number of rotatable bonds is 5. The predicted molar refractivity (Wildman–Crippen MR) is 103 cm³/mol. The van der Waals surface area contributed by atoms with Crippen molar-refractivity contribution in [3.8, 4) is 0 Å². The number of carbonyl (C=O) groups excluding carboxylic acids is 1. The van der Waals surface area contributed by atoms with Crippen molar-refractivity contribution >= 4 is 21.5 Å². The lowest BCUT2D eigenvalue weighted by molar-refractivity contribution is 0.101. The average Bonchev–Trinajstić information content (AvgIpc) is 2.68. The van der Waals surface area contributed by atoms with Gasteiger partial charge in [0, 0.05) is 37.4 Å². The van der Waals surface area contributed by atoms with Gasteiger partial charge in [0.15, 0.2) is 5.78 Å². The van der Waals surface area contributed by atoms with Gasteiger partial charge in [-0.25, -0.2) is 8.42 Å². The molecule has 0 aliphatic carbocycles. The van der Waals surface area contributed by atoms with Crippen molar-refractivity contribution in [2.45, 2.75) is 25.2 Å². The Balaban J connectivity index is 1.71. The number of piperazine rings is 1. The molecule has 0 N–H and O–H groups in total. The molecule has 26 heavy (non-hydrogen) atoms. The Morgan fingerprint density at radius 2 is 1.65 bits per heavy atom. The van der Waals surface area contributed by atoms with Crippen LogP contribution in [0.25, 0.3) is 0 Å². The van der Waals surface area contributed by atoms with Crippen LogP contribution in [0.3, 0.4) is 0 Å². The summed E-state index contributed by atoms with van der Waals surface area (Å²) in [5, 5.41) is 0. The van der Waals surface area contributed by atoms with Crippen LogP contribution in [0.15, 0.2) is 53.4 Å².